The Kier molecular flexibility index (Phi) is 6.63. The van der Waals surface area contributed by atoms with Crippen molar-refractivity contribution in [3.05, 3.63) is 20.8 Å². The molecule has 3 nitrogen and oxygen atoms in total. The van der Waals surface area contributed by atoms with E-state index in [1.807, 2.05) is 12.1 Å². The Hall–Kier alpha value is -0.100. The third-order valence-electron chi connectivity index (χ3n) is 3.33. The summed E-state index contributed by atoms with van der Waals surface area (Å²) >= 11 is 4.84. The Morgan fingerprint density at radius 3 is 2.78 bits per heavy atom. The van der Waals surface area contributed by atoms with E-state index in [0.29, 0.717) is 12.5 Å². The molecule has 3 N–H and O–H groups in total. The molecule has 2 unspecified atom stereocenters. The number of halogens is 2. The molecular formula is C12H18BrClN2OS. The molecule has 2 atom stereocenters. The lowest BCUT2D eigenvalue weighted by Crippen LogP contribution is -2.44. The molecule has 1 fully saturated rings. The summed E-state index contributed by atoms with van der Waals surface area (Å²) in [6.45, 7) is 0.666. The highest BCUT2D eigenvalue weighted by atomic mass is 79.9. The molecule has 1 aromatic rings. The van der Waals surface area contributed by atoms with Crippen molar-refractivity contribution < 1.29 is 4.79 Å². The second-order valence-electron chi connectivity index (χ2n) is 4.46. The van der Waals surface area contributed by atoms with Crippen LogP contribution in [-0.4, -0.2) is 18.5 Å². The largest absolute Gasteiger partial charge is 0.348 e. The predicted octanol–water partition coefficient (Wildman–Crippen LogP) is 3.18. The van der Waals surface area contributed by atoms with Gasteiger partial charge in [-0.25, -0.2) is 0 Å². The second kappa shape index (κ2) is 7.48. The fourth-order valence-electron chi connectivity index (χ4n) is 2.36. The maximum absolute atomic E-state index is 12.0. The lowest BCUT2D eigenvalue weighted by atomic mass is 9.84. The quantitative estimate of drug-likeness (QED) is 0.877. The van der Waals surface area contributed by atoms with Crippen molar-refractivity contribution in [1.29, 1.82) is 0 Å². The molecule has 1 heterocycles. The Bertz CT molecular complexity index is 399. The van der Waals surface area contributed by atoms with Gasteiger partial charge in [-0.05, 0) is 53.4 Å². The van der Waals surface area contributed by atoms with Crippen molar-refractivity contribution >= 4 is 45.6 Å². The summed E-state index contributed by atoms with van der Waals surface area (Å²) in [5, 5.41) is 3.12. The highest BCUT2D eigenvalue weighted by Gasteiger charge is 2.25. The number of hydrogen-bond acceptors (Lipinski definition) is 3. The molecule has 1 aliphatic carbocycles. The monoisotopic (exact) mass is 352 g/mol. The van der Waals surface area contributed by atoms with Gasteiger partial charge in [0, 0.05) is 6.04 Å². The van der Waals surface area contributed by atoms with Gasteiger partial charge in [0.2, 0.25) is 0 Å². The molecule has 0 bridgehead atoms. The topological polar surface area (TPSA) is 55.1 Å². The van der Waals surface area contributed by atoms with Gasteiger partial charge in [0.25, 0.3) is 5.91 Å². The van der Waals surface area contributed by atoms with Crippen LogP contribution in [0.15, 0.2) is 15.9 Å². The van der Waals surface area contributed by atoms with Crippen LogP contribution in [0, 0.1) is 5.92 Å². The molecule has 0 spiro atoms. The van der Waals surface area contributed by atoms with Crippen molar-refractivity contribution in [3.63, 3.8) is 0 Å². The van der Waals surface area contributed by atoms with Crippen LogP contribution < -0.4 is 11.1 Å². The molecule has 0 saturated heterocycles. The van der Waals surface area contributed by atoms with E-state index in [9.17, 15) is 4.79 Å². The van der Waals surface area contributed by atoms with Crippen LogP contribution in [0.5, 0.6) is 0 Å². The molecule has 2 rings (SSSR count). The Balaban J connectivity index is 0.00000162. The summed E-state index contributed by atoms with van der Waals surface area (Å²) in [5.74, 6) is 0.474. The molecule has 1 saturated carbocycles. The first kappa shape index (κ1) is 16.0. The number of thiophene rings is 1. The van der Waals surface area contributed by atoms with E-state index < -0.39 is 0 Å². The zero-order chi connectivity index (χ0) is 12.3. The van der Waals surface area contributed by atoms with Gasteiger partial charge in [0.1, 0.15) is 0 Å². The van der Waals surface area contributed by atoms with Crippen molar-refractivity contribution in [2.45, 2.75) is 31.7 Å². The van der Waals surface area contributed by atoms with Crippen molar-refractivity contribution in [2.24, 2.45) is 11.7 Å². The van der Waals surface area contributed by atoms with E-state index >= 15 is 0 Å². The van der Waals surface area contributed by atoms with Crippen LogP contribution in [0.2, 0.25) is 0 Å². The predicted molar refractivity (Wildman–Crippen MR) is 81.5 cm³/mol. The molecule has 6 heteroatoms. The Morgan fingerprint density at radius 2 is 2.17 bits per heavy atom. The fraction of sp³-hybridized carbons (Fsp3) is 0.583. The lowest BCUT2D eigenvalue weighted by Gasteiger charge is -2.31. The van der Waals surface area contributed by atoms with Crippen LogP contribution >= 0.6 is 39.7 Å². The van der Waals surface area contributed by atoms with Gasteiger partial charge in [-0.3, -0.25) is 4.79 Å². The van der Waals surface area contributed by atoms with Crippen LogP contribution in [0.25, 0.3) is 0 Å². The van der Waals surface area contributed by atoms with E-state index in [4.69, 9.17) is 5.73 Å². The van der Waals surface area contributed by atoms with Crippen LogP contribution in [0.4, 0.5) is 0 Å². The SMILES string of the molecule is Cl.NCC1CCCCC1NC(=O)c1ccc(Br)s1. The fourth-order valence-corrected chi connectivity index (χ4v) is 3.64. The minimum Gasteiger partial charge on any atom is -0.348 e. The van der Waals surface area contributed by atoms with Gasteiger partial charge in [-0.2, -0.15) is 0 Å². The van der Waals surface area contributed by atoms with E-state index in [1.54, 1.807) is 0 Å². The molecule has 1 aliphatic rings. The van der Waals surface area contributed by atoms with Crippen LogP contribution in [0.1, 0.15) is 35.4 Å². The van der Waals surface area contributed by atoms with Crippen molar-refractivity contribution in [2.75, 3.05) is 6.54 Å². The maximum Gasteiger partial charge on any atom is 0.261 e. The number of hydrogen-bond donors (Lipinski definition) is 2. The van der Waals surface area contributed by atoms with E-state index in [-0.39, 0.29) is 24.4 Å². The lowest BCUT2D eigenvalue weighted by molar-refractivity contribution is 0.0912. The molecule has 0 radical (unpaired) electrons. The summed E-state index contributed by atoms with van der Waals surface area (Å²) in [5.41, 5.74) is 5.76. The summed E-state index contributed by atoms with van der Waals surface area (Å²) in [6, 6.07) is 4.01. The highest BCUT2D eigenvalue weighted by molar-refractivity contribution is 9.11. The van der Waals surface area contributed by atoms with E-state index in [0.717, 1.165) is 21.5 Å². The zero-order valence-electron chi connectivity index (χ0n) is 10.0. The molecular weight excluding hydrogens is 336 g/mol. The third-order valence-corrected chi connectivity index (χ3v) is 4.95. The molecule has 1 amide bonds. The van der Waals surface area contributed by atoms with Gasteiger partial charge in [-0.15, -0.1) is 23.7 Å². The minimum atomic E-state index is 0. The first-order valence-electron chi connectivity index (χ1n) is 5.97. The molecule has 0 aliphatic heterocycles. The number of amides is 1. The zero-order valence-corrected chi connectivity index (χ0v) is 13.2. The summed E-state index contributed by atoms with van der Waals surface area (Å²) in [4.78, 5) is 12.8. The average Bonchev–Trinajstić information content (AvgIpc) is 2.77. The molecule has 0 aromatic carbocycles. The summed E-state index contributed by atoms with van der Waals surface area (Å²) in [7, 11) is 0. The van der Waals surface area contributed by atoms with Crippen LogP contribution in [-0.2, 0) is 0 Å². The number of nitrogens with two attached hydrogens (primary N) is 1. The van der Waals surface area contributed by atoms with E-state index in [2.05, 4.69) is 21.2 Å². The summed E-state index contributed by atoms with van der Waals surface area (Å²) in [6.07, 6.45) is 4.62. The molecule has 18 heavy (non-hydrogen) atoms. The minimum absolute atomic E-state index is 0. The second-order valence-corrected chi connectivity index (χ2v) is 6.93. The average molecular weight is 354 g/mol. The maximum atomic E-state index is 12.0. The molecule has 102 valence electrons. The highest BCUT2D eigenvalue weighted by Crippen LogP contribution is 2.25. The van der Waals surface area contributed by atoms with Crippen molar-refractivity contribution in [3.8, 4) is 0 Å². The number of carbonyl (C=O) groups is 1. The molecule has 1 aromatic heterocycles. The first-order chi connectivity index (χ1) is 8.20. The van der Waals surface area contributed by atoms with Gasteiger partial charge >= 0.3 is 0 Å². The number of rotatable bonds is 3. The summed E-state index contributed by atoms with van der Waals surface area (Å²) < 4.78 is 0.988. The standard InChI is InChI=1S/C12H17BrN2OS.ClH/c13-11-6-5-10(17-11)12(16)15-9-4-2-1-3-8(9)7-14;/h5-6,8-9H,1-4,7,14H2,(H,15,16);1H. The van der Waals surface area contributed by atoms with E-state index in [1.165, 1.54) is 24.2 Å². The Labute approximate surface area is 126 Å². The van der Waals surface area contributed by atoms with Gasteiger partial charge in [0.05, 0.1) is 8.66 Å². The smallest absolute Gasteiger partial charge is 0.261 e. The normalized spacial score (nSPS) is 23.2. The number of nitrogens with one attached hydrogen (secondary N) is 1. The van der Waals surface area contributed by atoms with Crippen molar-refractivity contribution in [1.82, 2.24) is 5.32 Å². The first-order valence-corrected chi connectivity index (χ1v) is 7.58. The van der Waals surface area contributed by atoms with Gasteiger partial charge in [-0.1, -0.05) is 12.8 Å². The van der Waals surface area contributed by atoms with Gasteiger partial charge < -0.3 is 11.1 Å². The van der Waals surface area contributed by atoms with Crippen LogP contribution in [0.3, 0.4) is 0 Å². The third kappa shape index (κ3) is 3.95. The van der Waals surface area contributed by atoms with Gasteiger partial charge in [0.15, 0.2) is 0 Å². The number of carbonyl (C=O) groups excluding carboxylic acids is 1. The Morgan fingerprint density at radius 1 is 1.44 bits per heavy atom.